The van der Waals surface area contributed by atoms with Gasteiger partial charge in [-0.3, -0.25) is 0 Å². The minimum atomic E-state index is -0.332. The van der Waals surface area contributed by atoms with Gasteiger partial charge >= 0.3 is 0 Å². The fraction of sp³-hybridized carbons (Fsp3) is 0.643. The number of hydrogen-bond acceptors (Lipinski definition) is 5. The summed E-state index contributed by atoms with van der Waals surface area (Å²) in [4.78, 5) is 6.63. The predicted molar refractivity (Wildman–Crippen MR) is 76.5 cm³/mol. The van der Waals surface area contributed by atoms with Crippen molar-refractivity contribution in [2.45, 2.75) is 45.3 Å². The van der Waals surface area contributed by atoms with E-state index in [2.05, 4.69) is 9.88 Å². The molecule has 19 heavy (non-hydrogen) atoms. The van der Waals surface area contributed by atoms with Crippen molar-refractivity contribution in [1.82, 2.24) is 4.98 Å². The number of hydrogen-bond donors (Lipinski definition) is 2. The molecule has 1 aromatic rings. The van der Waals surface area contributed by atoms with Crippen LogP contribution in [-0.2, 0) is 0 Å². The molecule has 0 unspecified atom stereocenters. The van der Waals surface area contributed by atoms with Gasteiger partial charge in [-0.2, -0.15) is 4.98 Å². The lowest BCUT2D eigenvalue weighted by Crippen LogP contribution is -2.30. The maximum absolute atomic E-state index is 9.16. The molecule has 0 atom stereocenters. The fourth-order valence-electron chi connectivity index (χ4n) is 1.95. The molecule has 106 valence electrons. The smallest absolute Gasteiger partial charge is 0.239 e. The second-order valence-electron chi connectivity index (χ2n) is 5.93. The van der Waals surface area contributed by atoms with Crippen LogP contribution in [0.1, 0.15) is 33.6 Å². The van der Waals surface area contributed by atoms with E-state index >= 15 is 0 Å². The number of anilines is 2. The molecule has 0 radical (unpaired) electrons. The molecular formula is C14H23N3O2. The molecule has 1 aliphatic carbocycles. The minimum Gasteiger partial charge on any atom is -0.470 e. The third kappa shape index (κ3) is 3.73. The Balaban J connectivity index is 2.23. The molecule has 1 fully saturated rings. The van der Waals surface area contributed by atoms with E-state index in [-0.39, 0.29) is 12.2 Å². The topological polar surface area (TPSA) is 71.6 Å². The Morgan fingerprint density at radius 3 is 2.63 bits per heavy atom. The molecule has 0 amide bonds. The highest BCUT2D eigenvalue weighted by Gasteiger charge is 2.30. The van der Waals surface area contributed by atoms with Gasteiger partial charge in [0.2, 0.25) is 5.88 Å². The molecular weight excluding hydrogens is 242 g/mol. The van der Waals surface area contributed by atoms with E-state index in [9.17, 15) is 0 Å². The number of aromatic nitrogens is 1. The minimum absolute atomic E-state index is 0.123. The molecule has 1 aliphatic rings. The van der Waals surface area contributed by atoms with Crippen molar-refractivity contribution in [2.75, 3.05) is 23.8 Å². The van der Waals surface area contributed by atoms with Crippen LogP contribution in [0.3, 0.4) is 0 Å². The van der Waals surface area contributed by atoms with Crippen LogP contribution in [0.25, 0.3) is 0 Å². The van der Waals surface area contributed by atoms with E-state index in [1.54, 1.807) is 0 Å². The lowest BCUT2D eigenvalue weighted by atomic mass is 10.2. The summed E-state index contributed by atoms with van der Waals surface area (Å²) < 4.78 is 5.78. The molecule has 1 aromatic heterocycles. The number of nitrogens with zero attached hydrogens (tertiary/aromatic N) is 2. The third-order valence-corrected chi connectivity index (χ3v) is 2.90. The molecule has 2 rings (SSSR count). The second kappa shape index (κ2) is 5.25. The maximum atomic E-state index is 9.16. The Morgan fingerprint density at radius 1 is 1.42 bits per heavy atom. The Hall–Kier alpha value is -1.49. The number of aliphatic hydroxyl groups is 1. The van der Waals surface area contributed by atoms with E-state index in [1.165, 1.54) is 0 Å². The quantitative estimate of drug-likeness (QED) is 0.849. The molecule has 0 bridgehead atoms. The van der Waals surface area contributed by atoms with Crippen molar-refractivity contribution < 1.29 is 9.84 Å². The molecule has 3 N–H and O–H groups in total. The van der Waals surface area contributed by atoms with Crippen LogP contribution in [0.15, 0.2) is 12.1 Å². The van der Waals surface area contributed by atoms with Crippen molar-refractivity contribution in [1.29, 1.82) is 0 Å². The predicted octanol–water partition coefficient (Wildman–Crippen LogP) is 1.80. The molecule has 0 saturated heterocycles. The summed E-state index contributed by atoms with van der Waals surface area (Å²) in [5.74, 6) is 1.29. The van der Waals surface area contributed by atoms with Crippen molar-refractivity contribution in [3.8, 4) is 5.88 Å². The van der Waals surface area contributed by atoms with Crippen molar-refractivity contribution in [2.24, 2.45) is 0 Å². The zero-order valence-electron chi connectivity index (χ0n) is 11.9. The largest absolute Gasteiger partial charge is 0.470 e. The van der Waals surface area contributed by atoms with Crippen molar-refractivity contribution in [3.05, 3.63) is 12.1 Å². The highest BCUT2D eigenvalue weighted by molar-refractivity contribution is 5.55. The van der Waals surface area contributed by atoms with Gasteiger partial charge in [-0.1, -0.05) is 0 Å². The normalized spacial score (nSPS) is 15.4. The molecule has 5 heteroatoms. The van der Waals surface area contributed by atoms with Crippen LogP contribution in [0.2, 0.25) is 0 Å². The first-order valence-electron chi connectivity index (χ1n) is 6.74. The first-order chi connectivity index (χ1) is 8.90. The summed E-state index contributed by atoms with van der Waals surface area (Å²) in [6.07, 6.45) is 2.31. The summed E-state index contributed by atoms with van der Waals surface area (Å²) in [6.45, 7) is 6.61. The fourth-order valence-corrected chi connectivity index (χ4v) is 1.95. The summed E-state index contributed by atoms with van der Waals surface area (Å²) in [6, 6.07) is 4.19. The zero-order chi connectivity index (χ0) is 14.0. The molecule has 0 spiro atoms. The van der Waals surface area contributed by atoms with E-state index in [4.69, 9.17) is 15.6 Å². The molecule has 0 aliphatic heterocycles. The standard InChI is InChI=1S/C14H23N3O2/c1-14(2,3)19-13-11(15)6-7-12(16-13)17(8-9-18)10-4-5-10/h6-7,10,18H,4-5,8-9,15H2,1-3H3. The van der Waals surface area contributed by atoms with Gasteiger partial charge in [0.25, 0.3) is 0 Å². The Morgan fingerprint density at radius 2 is 2.11 bits per heavy atom. The summed E-state index contributed by atoms with van der Waals surface area (Å²) in [7, 11) is 0. The molecule has 1 saturated carbocycles. The zero-order valence-corrected chi connectivity index (χ0v) is 11.9. The monoisotopic (exact) mass is 265 g/mol. The maximum Gasteiger partial charge on any atom is 0.239 e. The first kappa shape index (κ1) is 13.9. The number of rotatable bonds is 5. The lowest BCUT2D eigenvalue weighted by molar-refractivity contribution is 0.125. The molecule has 1 heterocycles. The van der Waals surface area contributed by atoms with Crippen LogP contribution in [0, 0.1) is 0 Å². The highest BCUT2D eigenvalue weighted by Crippen LogP contribution is 2.33. The molecule has 0 aromatic carbocycles. The van der Waals surface area contributed by atoms with Gasteiger partial charge in [0, 0.05) is 12.6 Å². The van der Waals surface area contributed by atoms with E-state index in [1.807, 2.05) is 32.9 Å². The van der Waals surface area contributed by atoms with Gasteiger partial charge in [0.15, 0.2) is 0 Å². The number of aliphatic hydroxyl groups excluding tert-OH is 1. The first-order valence-corrected chi connectivity index (χ1v) is 6.74. The summed E-state index contributed by atoms with van der Waals surface area (Å²) in [5.41, 5.74) is 6.12. The van der Waals surface area contributed by atoms with Crippen LogP contribution >= 0.6 is 0 Å². The Bertz CT molecular complexity index is 439. The van der Waals surface area contributed by atoms with Crippen LogP contribution in [-0.4, -0.2) is 34.9 Å². The van der Waals surface area contributed by atoms with Crippen LogP contribution in [0.5, 0.6) is 5.88 Å². The van der Waals surface area contributed by atoms with Crippen molar-refractivity contribution in [3.63, 3.8) is 0 Å². The third-order valence-electron chi connectivity index (χ3n) is 2.90. The van der Waals surface area contributed by atoms with E-state index < -0.39 is 0 Å². The average molecular weight is 265 g/mol. The number of nitrogens with two attached hydrogens (primary N) is 1. The van der Waals surface area contributed by atoms with E-state index in [0.717, 1.165) is 18.7 Å². The van der Waals surface area contributed by atoms with Gasteiger partial charge in [-0.25, -0.2) is 0 Å². The van der Waals surface area contributed by atoms with Gasteiger partial charge in [-0.05, 0) is 45.7 Å². The van der Waals surface area contributed by atoms with Gasteiger partial charge in [0.05, 0.1) is 12.3 Å². The highest BCUT2D eigenvalue weighted by atomic mass is 16.5. The van der Waals surface area contributed by atoms with Gasteiger partial charge in [0.1, 0.15) is 11.4 Å². The lowest BCUT2D eigenvalue weighted by Gasteiger charge is -2.25. The number of nitrogen functional groups attached to an aromatic ring is 1. The number of ether oxygens (including phenoxy) is 1. The number of pyridine rings is 1. The Labute approximate surface area is 114 Å². The summed E-state index contributed by atoms with van der Waals surface area (Å²) >= 11 is 0. The van der Waals surface area contributed by atoms with Gasteiger partial charge in [-0.15, -0.1) is 0 Å². The average Bonchev–Trinajstić information content (AvgIpc) is 3.11. The molecule has 5 nitrogen and oxygen atoms in total. The SMILES string of the molecule is CC(C)(C)Oc1nc(N(CCO)C2CC2)ccc1N. The van der Waals surface area contributed by atoms with E-state index in [0.29, 0.717) is 24.2 Å². The Kier molecular flexibility index (Phi) is 3.85. The summed E-state index contributed by atoms with van der Waals surface area (Å²) in [5, 5.41) is 9.16. The van der Waals surface area contributed by atoms with Crippen LogP contribution in [0.4, 0.5) is 11.5 Å². The second-order valence-corrected chi connectivity index (χ2v) is 5.93. The van der Waals surface area contributed by atoms with Gasteiger partial charge < -0.3 is 20.5 Å². The van der Waals surface area contributed by atoms with Crippen LogP contribution < -0.4 is 15.4 Å². The van der Waals surface area contributed by atoms with Crippen molar-refractivity contribution >= 4 is 11.5 Å².